The van der Waals surface area contributed by atoms with Gasteiger partial charge in [0.2, 0.25) is 5.91 Å². The van der Waals surface area contributed by atoms with Crippen molar-refractivity contribution in [2.45, 2.75) is 38.9 Å². The van der Waals surface area contributed by atoms with E-state index in [-0.39, 0.29) is 23.4 Å². The van der Waals surface area contributed by atoms with E-state index < -0.39 is 6.04 Å². The standard InChI is InChI=1S/C24H25N3O2/c1-4-10-20-22-25-19-14-9-8-13-18(19)23(28)27(22)21(16(2)3)24(29)26(20)15-17-11-6-5-7-12-17/h4-9,11-14,16,20-21H,1,10,15H2,2-3H3/t20-,21-/m0/s1. The van der Waals surface area contributed by atoms with Crippen LogP contribution in [0.15, 0.2) is 72.0 Å². The summed E-state index contributed by atoms with van der Waals surface area (Å²) in [7, 11) is 0. The van der Waals surface area contributed by atoms with Gasteiger partial charge >= 0.3 is 0 Å². The predicted molar refractivity (Wildman–Crippen MR) is 114 cm³/mol. The average Bonchev–Trinajstić information content (AvgIpc) is 2.72. The van der Waals surface area contributed by atoms with Crippen LogP contribution in [-0.2, 0) is 11.3 Å². The summed E-state index contributed by atoms with van der Waals surface area (Å²) >= 11 is 0. The number of benzene rings is 2. The lowest BCUT2D eigenvalue weighted by Crippen LogP contribution is -2.51. The van der Waals surface area contributed by atoms with Gasteiger partial charge in [-0.15, -0.1) is 6.58 Å². The fraction of sp³-hybridized carbons (Fsp3) is 0.292. The molecule has 148 valence electrons. The third kappa shape index (κ3) is 3.27. The number of carbonyl (C=O) groups excluding carboxylic acids is 1. The number of para-hydroxylation sites is 1. The topological polar surface area (TPSA) is 55.2 Å². The monoisotopic (exact) mass is 387 g/mol. The van der Waals surface area contributed by atoms with E-state index in [2.05, 4.69) is 6.58 Å². The van der Waals surface area contributed by atoms with Gasteiger partial charge in [0.05, 0.1) is 16.9 Å². The Morgan fingerprint density at radius 2 is 1.76 bits per heavy atom. The number of hydrogen-bond donors (Lipinski definition) is 0. The van der Waals surface area contributed by atoms with Crippen molar-refractivity contribution >= 4 is 16.8 Å². The van der Waals surface area contributed by atoms with Gasteiger partial charge in [0.25, 0.3) is 5.56 Å². The van der Waals surface area contributed by atoms with E-state index in [9.17, 15) is 9.59 Å². The van der Waals surface area contributed by atoms with Crippen molar-refractivity contribution in [3.05, 3.63) is 89.0 Å². The van der Waals surface area contributed by atoms with Gasteiger partial charge in [0.15, 0.2) is 0 Å². The number of aromatic nitrogens is 2. The first-order valence-electron chi connectivity index (χ1n) is 9.99. The number of fused-ring (bicyclic) bond motifs is 2. The van der Waals surface area contributed by atoms with Crippen LogP contribution in [0, 0.1) is 5.92 Å². The van der Waals surface area contributed by atoms with E-state index in [1.807, 2.05) is 67.3 Å². The van der Waals surface area contributed by atoms with Crippen LogP contribution in [0.4, 0.5) is 0 Å². The Balaban J connectivity index is 1.95. The molecule has 5 nitrogen and oxygen atoms in total. The number of carbonyl (C=O) groups is 1. The molecule has 0 aliphatic carbocycles. The Morgan fingerprint density at radius 1 is 1.07 bits per heavy atom. The highest BCUT2D eigenvalue weighted by Gasteiger charge is 2.42. The number of amides is 1. The van der Waals surface area contributed by atoms with Crippen LogP contribution >= 0.6 is 0 Å². The number of rotatable bonds is 5. The zero-order valence-corrected chi connectivity index (χ0v) is 16.8. The molecule has 1 aliphatic rings. The van der Waals surface area contributed by atoms with Crippen molar-refractivity contribution in [1.29, 1.82) is 0 Å². The smallest absolute Gasteiger partial charge is 0.262 e. The van der Waals surface area contributed by atoms with Crippen LogP contribution in [0.25, 0.3) is 10.9 Å². The zero-order valence-electron chi connectivity index (χ0n) is 16.8. The maximum atomic E-state index is 13.6. The first-order chi connectivity index (χ1) is 14.0. The van der Waals surface area contributed by atoms with Crippen LogP contribution in [-0.4, -0.2) is 20.4 Å². The molecule has 0 saturated carbocycles. The van der Waals surface area contributed by atoms with Gasteiger partial charge in [-0.1, -0.05) is 62.4 Å². The minimum absolute atomic E-state index is 0.0372. The zero-order chi connectivity index (χ0) is 20.5. The molecule has 0 spiro atoms. The SMILES string of the molecule is C=CC[C@H]1c2nc3ccccc3c(=O)n2[C@@H](C(C)C)C(=O)N1Cc1ccccc1. The van der Waals surface area contributed by atoms with Crippen LogP contribution in [0.1, 0.15) is 43.7 Å². The molecule has 2 atom stereocenters. The quantitative estimate of drug-likeness (QED) is 0.615. The summed E-state index contributed by atoms with van der Waals surface area (Å²) < 4.78 is 1.63. The Morgan fingerprint density at radius 3 is 2.45 bits per heavy atom. The van der Waals surface area contributed by atoms with E-state index in [0.29, 0.717) is 29.7 Å². The Hall–Kier alpha value is -3.21. The second-order valence-corrected chi connectivity index (χ2v) is 7.84. The maximum Gasteiger partial charge on any atom is 0.262 e. The molecule has 0 unspecified atom stereocenters. The molecule has 1 aliphatic heterocycles. The number of nitrogens with zero attached hydrogens (tertiary/aromatic N) is 3. The van der Waals surface area contributed by atoms with Gasteiger partial charge in [-0.05, 0) is 30.0 Å². The molecule has 5 heteroatoms. The molecule has 0 N–H and O–H groups in total. The van der Waals surface area contributed by atoms with Crippen molar-refractivity contribution in [1.82, 2.24) is 14.5 Å². The lowest BCUT2D eigenvalue weighted by molar-refractivity contribution is -0.142. The largest absolute Gasteiger partial charge is 0.326 e. The third-order valence-corrected chi connectivity index (χ3v) is 5.54. The molecule has 2 heterocycles. The second kappa shape index (κ2) is 7.66. The molecule has 0 radical (unpaired) electrons. The molecular weight excluding hydrogens is 362 g/mol. The highest BCUT2D eigenvalue weighted by atomic mass is 16.2. The first-order valence-corrected chi connectivity index (χ1v) is 9.99. The molecule has 1 aromatic heterocycles. The molecule has 4 rings (SSSR count). The summed E-state index contributed by atoms with van der Waals surface area (Å²) in [6, 6.07) is 16.4. The molecule has 29 heavy (non-hydrogen) atoms. The van der Waals surface area contributed by atoms with E-state index in [4.69, 9.17) is 4.98 Å². The van der Waals surface area contributed by atoms with Gasteiger partial charge in [-0.3, -0.25) is 14.2 Å². The lowest BCUT2D eigenvalue weighted by Gasteiger charge is -2.42. The van der Waals surface area contributed by atoms with E-state index >= 15 is 0 Å². The van der Waals surface area contributed by atoms with Gasteiger partial charge in [-0.2, -0.15) is 0 Å². The molecule has 0 bridgehead atoms. The Bertz CT molecular complexity index is 1120. The molecule has 0 saturated heterocycles. The van der Waals surface area contributed by atoms with Gasteiger partial charge < -0.3 is 4.90 Å². The highest BCUT2D eigenvalue weighted by molar-refractivity contribution is 5.84. The highest BCUT2D eigenvalue weighted by Crippen LogP contribution is 2.36. The van der Waals surface area contributed by atoms with Crippen LogP contribution in [0.2, 0.25) is 0 Å². The van der Waals surface area contributed by atoms with E-state index in [1.54, 1.807) is 16.7 Å². The summed E-state index contributed by atoms with van der Waals surface area (Å²) in [6.07, 6.45) is 2.32. The fourth-order valence-corrected chi connectivity index (χ4v) is 4.18. The Labute approximate surface area is 170 Å². The fourth-order valence-electron chi connectivity index (χ4n) is 4.18. The molecule has 3 aromatic rings. The van der Waals surface area contributed by atoms with Gasteiger partial charge in [-0.25, -0.2) is 4.98 Å². The van der Waals surface area contributed by atoms with Crippen LogP contribution in [0.3, 0.4) is 0 Å². The Kier molecular flexibility index (Phi) is 5.05. The van der Waals surface area contributed by atoms with Crippen molar-refractivity contribution in [2.24, 2.45) is 5.92 Å². The van der Waals surface area contributed by atoms with Gasteiger partial charge in [0, 0.05) is 6.54 Å². The second-order valence-electron chi connectivity index (χ2n) is 7.84. The average molecular weight is 387 g/mol. The minimum atomic E-state index is -0.570. The summed E-state index contributed by atoms with van der Waals surface area (Å²) in [5.74, 6) is 0.565. The predicted octanol–water partition coefficient (Wildman–Crippen LogP) is 4.25. The lowest BCUT2D eigenvalue weighted by atomic mass is 9.95. The first kappa shape index (κ1) is 19.1. The minimum Gasteiger partial charge on any atom is -0.326 e. The summed E-state index contributed by atoms with van der Waals surface area (Å²) in [4.78, 5) is 33.7. The normalized spacial score (nSPS) is 18.9. The molecule has 0 fully saturated rings. The van der Waals surface area contributed by atoms with Crippen molar-refractivity contribution in [3.63, 3.8) is 0 Å². The molecular formula is C24H25N3O2. The van der Waals surface area contributed by atoms with E-state index in [1.165, 1.54) is 0 Å². The van der Waals surface area contributed by atoms with E-state index in [0.717, 1.165) is 5.56 Å². The number of hydrogen-bond acceptors (Lipinski definition) is 3. The van der Waals surface area contributed by atoms with Crippen molar-refractivity contribution in [2.75, 3.05) is 0 Å². The molecule has 1 amide bonds. The maximum absolute atomic E-state index is 13.6. The summed E-state index contributed by atoms with van der Waals surface area (Å²) in [6.45, 7) is 8.31. The van der Waals surface area contributed by atoms with Crippen LogP contribution in [0.5, 0.6) is 0 Å². The van der Waals surface area contributed by atoms with Crippen molar-refractivity contribution in [3.8, 4) is 0 Å². The third-order valence-electron chi connectivity index (χ3n) is 5.54. The van der Waals surface area contributed by atoms with Gasteiger partial charge in [0.1, 0.15) is 11.9 Å². The summed E-state index contributed by atoms with van der Waals surface area (Å²) in [5, 5.41) is 0.545. The molecule has 2 aromatic carbocycles. The van der Waals surface area contributed by atoms with Crippen LogP contribution < -0.4 is 5.56 Å². The van der Waals surface area contributed by atoms with Crippen molar-refractivity contribution < 1.29 is 4.79 Å². The summed E-state index contributed by atoms with van der Waals surface area (Å²) in [5.41, 5.74) is 1.56.